The molecule has 4 aromatic rings. The third-order valence-corrected chi connectivity index (χ3v) is 11.6. The zero-order valence-electron chi connectivity index (χ0n) is 25.3. The second-order valence-corrected chi connectivity index (χ2v) is 15.8. The van der Waals surface area contributed by atoms with Gasteiger partial charge in [-0.25, -0.2) is 4.42 Å². The highest BCUT2D eigenvalue weighted by atomic mass is 79.9. The fourth-order valence-corrected chi connectivity index (χ4v) is 6.48. The summed E-state index contributed by atoms with van der Waals surface area (Å²) in [7, 11) is 0. The average molecular weight is 902 g/mol. The molecule has 0 bridgehead atoms. The summed E-state index contributed by atoms with van der Waals surface area (Å²) in [6.45, 7) is 6.19. The molecule has 1 aliphatic carbocycles. The minimum Gasteiger partial charge on any atom is -0.506 e. The molecule has 4 nitrogen and oxygen atoms in total. The van der Waals surface area contributed by atoms with E-state index >= 15 is 0 Å². The van der Waals surface area contributed by atoms with E-state index in [1.165, 1.54) is 0 Å². The molecule has 0 atom stereocenters. The van der Waals surface area contributed by atoms with Crippen LogP contribution < -0.4 is 0 Å². The number of ketones is 1. The van der Waals surface area contributed by atoms with Crippen molar-refractivity contribution in [1.29, 1.82) is 0 Å². The molecule has 0 fully saturated rings. The number of Topliss-reactive ketones (excluding diaryl/α,β-unsaturated/α-hetero) is 1. The maximum atomic E-state index is 13.5. The zero-order valence-corrected chi connectivity index (χ0v) is 32.4. The third-order valence-electron chi connectivity index (χ3n) is 7.54. The van der Waals surface area contributed by atoms with Gasteiger partial charge in [0.2, 0.25) is 5.78 Å². The number of carbonyl (C=O) groups is 1. The number of allylic oxidation sites excluding steroid dienone is 6. The van der Waals surface area contributed by atoms with Crippen molar-refractivity contribution in [2.75, 3.05) is 0 Å². The van der Waals surface area contributed by atoms with E-state index in [1.807, 2.05) is 78.9 Å². The number of halogens is 5. The predicted octanol–water partition coefficient (Wildman–Crippen LogP) is 13.0. The van der Waals surface area contributed by atoms with Gasteiger partial charge >= 0.3 is 11.5 Å². The van der Waals surface area contributed by atoms with Crippen molar-refractivity contribution in [3.05, 3.63) is 159 Å². The quantitative estimate of drug-likeness (QED) is 0.160. The summed E-state index contributed by atoms with van der Waals surface area (Å²) in [5, 5.41) is 11.7. The maximum Gasteiger partial charge on any atom is 0.360 e. The molecule has 6 rings (SSSR count). The van der Waals surface area contributed by atoms with Crippen LogP contribution in [0.25, 0.3) is 28.9 Å². The number of rotatable bonds is 5. The number of hydrogen-bond donors (Lipinski definition) is 1. The van der Waals surface area contributed by atoms with E-state index in [-0.39, 0.29) is 28.1 Å². The topological polar surface area (TPSA) is 57.8 Å². The Morgan fingerprint density at radius 2 is 1.43 bits per heavy atom. The van der Waals surface area contributed by atoms with Gasteiger partial charge in [-0.15, -0.1) is 0 Å². The summed E-state index contributed by atoms with van der Waals surface area (Å²) in [5.41, 5.74) is 3.96. The number of carbonyl (C=O) groups excluding carboxylic acids is 1. The van der Waals surface area contributed by atoms with Crippen molar-refractivity contribution in [2.45, 2.75) is 26.2 Å². The second kappa shape index (κ2) is 13.5. The van der Waals surface area contributed by atoms with Crippen molar-refractivity contribution in [1.82, 2.24) is 0 Å². The fraction of sp³-hybridized carbons (Fsp3) is 0.105. The van der Waals surface area contributed by atoms with Crippen molar-refractivity contribution in [3.63, 3.8) is 0 Å². The van der Waals surface area contributed by atoms with Crippen molar-refractivity contribution >= 4 is 98.7 Å². The van der Waals surface area contributed by atoms with E-state index in [1.54, 1.807) is 18.2 Å². The molecule has 236 valence electrons. The number of ether oxygens (including phenoxy) is 1. The molecule has 0 unspecified atom stereocenters. The van der Waals surface area contributed by atoms with Crippen LogP contribution in [0.5, 0.6) is 0 Å². The van der Waals surface area contributed by atoms with Gasteiger partial charge in [0.1, 0.15) is 17.3 Å². The van der Waals surface area contributed by atoms with Crippen molar-refractivity contribution in [3.8, 4) is 11.3 Å². The lowest BCUT2D eigenvalue weighted by Crippen LogP contribution is -2.21. The van der Waals surface area contributed by atoms with E-state index in [4.69, 9.17) is 20.8 Å². The molecule has 3 aromatic carbocycles. The highest BCUT2D eigenvalue weighted by molar-refractivity contribution is 9.13. The number of aliphatic hydroxyl groups excluding tert-OH is 1. The first kappa shape index (κ1) is 33.9. The Labute approximate surface area is 311 Å². The molecule has 1 aromatic heterocycles. The minimum absolute atomic E-state index is 0.0749. The normalized spacial score (nSPS) is 16.6. The van der Waals surface area contributed by atoms with Crippen LogP contribution in [0.1, 0.15) is 43.2 Å². The van der Waals surface area contributed by atoms with Crippen LogP contribution in [0, 0.1) is 0 Å². The van der Waals surface area contributed by atoms with E-state index in [0.29, 0.717) is 33.4 Å². The number of benzene rings is 3. The average Bonchev–Trinajstić information content (AvgIpc) is 3.04. The van der Waals surface area contributed by atoms with Crippen LogP contribution in [0.3, 0.4) is 0 Å². The zero-order chi connectivity index (χ0) is 33.6. The molecule has 47 heavy (non-hydrogen) atoms. The third kappa shape index (κ3) is 7.22. The van der Waals surface area contributed by atoms with Crippen molar-refractivity contribution in [2.24, 2.45) is 0 Å². The molecule has 1 N–H and O–H groups in total. The lowest BCUT2D eigenvalue weighted by Gasteiger charge is -2.22. The molecule has 0 saturated heterocycles. The molecule has 2 aliphatic rings. The van der Waals surface area contributed by atoms with E-state index in [2.05, 4.69) is 84.5 Å². The van der Waals surface area contributed by atoms with Gasteiger partial charge in [0.05, 0.1) is 33.2 Å². The molecule has 9 heteroatoms. The molecule has 0 saturated carbocycles. The highest BCUT2D eigenvalue weighted by Gasteiger charge is 2.34. The summed E-state index contributed by atoms with van der Waals surface area (Å²) in [6, 6.07) is 22.8. The van der Waals surface area contributed by atoms with Crippen LogP contribution in [0.15, 0.2) is 136 Å². The maximum absolute atomic E-state index is 13.5. The monoisotopic (exact) mass is 897 g/mol. The first-order valence-corrected chi connectivity index (χ1v) is 18.0. The summed E-state index contributed by atoms with van der Waals surface area (Å²) < 4.78 is 16.2. The fourth-order valence-electron chi connectivity index (χ4n) is 5.00. The Morgan fingerprint density at radius 3 is 2.06 bits per heavy atom. The first-order chi connectivity index (χ1) is 22.3. The molecular weight excluding hydrogens is 875 g/mol. The van der Waals surface area contributed by atoms with Crippen LogP contribution in [-0.2, 0) is 14.9 Å². The van der Waals surface area contributed by atoms with Gasteiger partial charge in [0.25, 0.3) is 0 Å². The largest absolute Gasteiger partial charge is 0.506 e. The molecule has 0 amide bonds. The Morgan fingerprint density at radius 1 is 0.787 bits per heavy atom. The SMILES string of the molecule is CC(C)(C)c1cc(C=C2C(=O)C(C=C3C=C(c4ccc(Br)c(Br)c4)OC(c4ccccc4Cl)=C3)=C2O)cc(-c2ccc(Br)c(Br)c2)[o+]1. The van der Waals surface area contributed by atoms with Crippen LogP contribution >= 0.6 is 75.3 Å². The van der Waals surface area contributed by atoms with Crippen LogP contribution in [0.4, 0.5) is 0 Å². The predicted molar refractivity (Wildman–Crippen MR) is 204 cm³/mol. The molecule has 0 spiro atoms. The summed E-state index contributed by atoms with van der Waals surface area (Å²) in [6.07, 6.45) is 7.03. The van der Waals surface area contributed by atoms with E-state index in [9.17, 15) is 9.90 Å². The smallest absolute Gasteiger partial charge is 0.360 e. The Bertz CT molecular complexity index is 2130. The molecule has 2 heterocycles. The van der Waals surface area contributed by atoms with Gasteiger partial charge in [-0.1, -0.05) is 29.8 Å². The van der Waals surface area contributed by atoms with E-state index in [0.717, 1.165) is 40.3 Å². The van der Waals surface area contributed by atoms with Gasteiger partial charge < -0.3 is 9.84 Å². The van der Waals surface area contributed by atoms with Gasteiger partial charge in [-0.05, 0) is 162 Å². The summed E-state index contributed by atoms with van der Waals surface area (Å²) in [4.78, 5) is 13.5. The highest BCUT2D eigenvalue weighted by Crippen LogP contribution is 2.40. The molecule has 1 aliphatic heterocycles. The first-order valence-electron chi connectivity index (χ1n) is 14.5. The van der Waals surface area contributed by atoms with Crippen LogP contribution in [0.2, 0.25) is 5.02 Å². The van der Waals surface area contributed by atoms with E-state index < -0.39 is 0 Å². The standard InChI is InChI=1S/C38H25Br4ClO4/c1-38(2,3)35-17-21(15-33(47-35)23-9-11-28(40)30(42)19-23)13-26-36(44)25(37(26)45)12-20-14-32(22-8-10-27(39)29(41)18-22)46-34(16-20)24-6-4-5-7-31(24)43/h4-19H,1-3H3/p+1. The van der Waals surface area contributed by atoms with Crippen molar-refractivity contribution < 1.29 is 19.1 Å². The Balaban J connectivity index is 1.41. The molecular formula is C38H26Br4ClO4+. The van der Waals surface area contributed by atoms with Gasteiger partial charge in [-0.2, -0.15) is 0 Å². The van der Waals surface area contributed by atoms with Gasteiger partial charge in [-0.3, -0.25) is 4.79 Å². The van der Waals surface area contributed by atoms with Gasteiger partial charge in [0, 0.05) is 35.1 Å². The second-order valence-electron chi connectivity index (χ2n) is 12.0. The Kier molecular flexibility index (Phi) is 9.71. The number of hydrogen-bond acceptors (Lipinski definition) is 3. The lowest BCUT2D eigenvalue weighted by molar-refractivity contribution is -0.113. The summed E-state index contributed by atoms with van der Waals surface area (Å²) >= 11 is 20.7. The lowest BCUT2D eigenvalue weighted by atomic mass is 9.84. The number of aliphatic hydroxyl groups is 1. The summed E-state index contributed by atoms with van der Waals surface area (Å²) in [5.74, 6) is 2.15. The minimum atomic E-state index is -0.295. The Hall–Kier alpha value is -3.01. The van der Waals surface area contributed by atoms with Crippen LogP contribution in [-0.4, -0.2) is 10.9 Å². The van der Waals surface area contributed by atoms with Gasteiger partial charge in [0.15, 0.2) is 0 Å². The molecule has 0 radical (unpaired) electrons.